The highest BCUT2D eigenvalue weighted by molar-refractivity contribution is 5.93. The van der Waals surface area contributed by atoms with Gasteiger partial charge in [0.25, 0.3) is 0 Å². The van der Waals surface area contributed by atoms with E-state index in [1.54, 1.807) is 18.2 Å². The van der Waals surface area contributed by atoms with Crippen LogP contribution in [0.1, 0.15) is 5.56 Å². The molecule has 0 aromatic heterocycles. The van der Waals surface area contributed by atoms with E-state index in [1.165, 1.54) is 0 Å². The largest absolute Gasteiger partial charge is 0.378 e. The molecule has 0 saturated carbocycles. The van der Waals surface area contributed by atoms with Crippen molar-refractivity contribution in [3.8, 4) is 6.07 Å². The van der Waals surface area contributed by atoms with Crippen LogP contribution in [0.3, 0.4) is 0 Å². The minimum Gasteiger partial charge on any atom is -0.378 e. The topological polar surface area (TPSA) is 68.2 Å². The van der Waals surface area contributed by atoms with Crippen LogP contribution in [0.4, 0.5) is 17.1 Å². The van der Waals surface area contributed by atoms with Gasteiger partial charge in [-0.3, -0.25) is 4.79 Å². The standard InChI is InChI=1S/C17H18N4O/c1-21(2)16-8-6-14(7-9-16)20-17(22)12-19-15-5-3-4-13(10-15)11-18/h3-10,19H,12H2,1-2H3,(H,20,22). The second kappa shape index (κ2) is 7.14. The zero-order valence-electron chi connectivity index (χ0n) is 12.6. The molecule has 2 rings (SSSR count). The first-order valence-corrected chi connectivity index (χ1v) is 6.90. The molecule has 1 amide bonds. The van der Waals surface area contributed by atoms with Crippen LogP contribution < -0.4 is 15.5 Å². The zero-order chi connectivity index (χ0) is 15.9. The number of carbonyl (C=O) groups excluding carboxylic acids is 1. The number of nitrogens with zero attached hydrogens (tertiary/aromatic N) is 2. The van der Waals surface area contributed by atoms with E-state index in [1.807, 2.05) is 49.3 Å². The van der Waals surface area contributed by atoms with Crippen molar-refractivity contribution in [1.29, 1.82) is 5.26 Å². The number of amides is 1. The van der Waals surface area contributed by atoms with Gasteiger partial charge in [0, 0.05) is 31.2 Å². The van der Waals surface area contributed by atoms with Gasteiger partial charge in [0.15, 0.2) is 0 Å². The van der Waals surface area contributed by atoms with Gasteiger partial charge >= 0.3 is 0 Å². The van der Waals surface area contributed by atoms with Gasteiger partial charge in [-0.25, -0.2) is 0 Å². The lowest BCUT2D eigenvalue weighted by Crippen LogP contribution is -2.21. The Bertz CT molecular complexity index is 687. The van der Waals surface area contributed by atoms with Gasteiger partial charge < -0.3 is 15.5 Å². The lowest BCUT2D eigenvalue weighted by atomic mass is 10.2. The van der Waals surface area contributed by atoms with Crippen molar-refractivity contribution >= 4 is 23.0 Å². The molecule has 0 heterocycles. The summed E-state index contributed by atoms with van der Waals surface area (Å²) in [6, 6.07) is 16.7. The van der Waals surface area contributed by atoms with Crippen molar-refractivity contribution in [2.75, 3.05) is 36.2 Å². The molecule has 5 nitrogen and oxygen atoms in total. The molecule has 0 aliphatic carbocycles. The Morgan fingerprint density at radius 3 is 2.50 bits per heavy atom. The Morgan fingerprint density at radius 1 is 1.14 bits per heavy atom. The zero-order valence-corrected chi connectivity index (χ0v) is 12.6. The summed E-state index contributed by atoms with van der Waals surface area (Å²) in [4.78, 5) is 13.9. The fraction of sp³-hybridized carbons (Fsp3) is 0.176. The number of hydrogen-bond donors (Lipinski definition) is 2. The lowest BCUT2D eigenvalue weighted by molar-refractivity contribution is -0.114. The summed E-state index contributed by atoms with van der Waals surface area (Å²) in [5.74, 6) is -0.139. The van der Waals surface area contributed by atoms with Crippen molar-refractivity contribution in [2.24, 2.45) is 0 Å². The van der Waals surface area contributed by atoms with Crippen LogP contribution >= 0.6 is 0 Å². The SMILES string of the molecule is CN(C)c1ccc(NC(=O)CNc2cccc(C#N)c2)cc1. The molecule has 0 atom stereocenters. The lowest BCUT2D eigenvalue weighted by Gasteiger charge is -2.13. The Kier molecular flexibility index (Phi) is 4.99. The summed E-state index contributed by atoms with van der Waals surface area (Å²) in [5.41, 5.74) is 3.13. The molecule has 0 aliphatic rings. The molecule has 0 unspecified atom stereocenters. The van der Waals surface area contributed by atoms with Gasteiger partial charge in [-0.05, 0) is 42.5 Å². The fourth-order valence-corrected chi connectivity index (χ4v) is 1.93. The maximum atomic E-state index is 11.9. The molecule has 0 fully saturated rings. The molecule has 22 heavy (non-hydrogen) atoms. The van der Waals surface area contributed by atoms with Crippen LogP contribution in [0.15, 0.2) is 48.5 Å². The van der Waals surface area contributed by atoms with E-state index >= 15 is 0 Å². The highest BCUT2D eigenvalue weighted by Crippen LogP contribution is 2.15. The van der Waals surface area contributed by atoms with Gasteiger partial charge in [0.1, 0.15) is 0 Å². The van der Waals surface area contributed by atoms with Crippen molar-refractivity contribution in [3.05, 3.63) is 54.1 Å². The molecule has 0 radical (unpaired) electrons. The smallest absolute Gasteiger partial charge is 0.243 e. The van der Waals surface area contributed by atoms with Gasteiger partial charge in [0.2, 0.25) is 5.91 Å². The molecular formula is C17H18N4O. The Balaban J connectivity index is 1.88. The first kappa shape index (κ1) is 15.4. The maximum Gasteiger partial charge on any atom is 0.243 e. The summed E-state index contributed by atoms with van der Waals surface area (Å²) >= 11 is 0. The van der Waals surface area contributed by atoms with E-state index in [0.717, 1.165) is 17.1 Å². The predicted molar refractivity (Wildman–Crippen MR) is 89.0 cm³/mol. The van der Waals surface area contributed by atoms with Crippen molar-refractivity contribution < 1.29 is 4.79 Å². The van der Waals surface area contributed by atoms with Crippen molar-refractivity contribution in [1.82, 2.24) is 0 Å². The summed E-state index contributed by atoms with van der Waals surface area (Å²) < 4.78 is 0. The first-order chi connectivity index (χ1) is 10.6. The molecule has 2 N–H and O–H groups in total. The number of anilines is 3. The average molecular weight is 294 g/mol. The number of carbonyl (C=O) groups is 1. The van der Waals surface area contributed by atoms with E-state index < -0.39 is 0 Å². The van der Waals surface area contributed by atoms with E-state index in [2.05, 4.69) is 16.7 Å². The van der Waals surface area contributed by atoms with Crippen molar-refractivity contribution in [3.63, 3.8) is 0 Å². The predicted octanol–water partition coefficient (Wildman–Crippen LogP) is 2.67. The summed E-state index contributed by atoms with van der Waals surface area (Å²) in [5, 5.41) is 14.7. The fourth-order valence-electron chi connectivity index (χ4n) is 1.93. The van der Waals surface area contributed by atoms with Crippen LogP contribution in [0.25, 0.3) is 0 Å². The second-order valence-corrected chi connectivity index (χ2v) is 5.04. The number of nitriles is 1. The molecule has 2 aromatic carbocycles. The van der Waals surface area contributed by atoms with Crippen LogP contribution in [0.2, 0.25) is 0 Å². The quantitative estimate of drug-likeness (QED) is 0.889. The Hall–Kier alpha value is -3.00. The highest BCUT2D eigenvalue weighted by Gasteiger charge is 2.03. The minimum atomic E-state index is -0.139. The number of hydrogen-bond acceptors (Lipinski definition) is 4. The van der Waals surface area contributed by atoms with Gasteiger partial charge in [-0.2, -0.15) is 5.26 Å². The van der Waals surface area contributed by atoms with Crippen LogP contribution in [0, 0.1) is 11.3 Å². The monoisotopic (exact) mass is 294 g/mol. The molecule has 5 heteroatoms. The summed E-state index contributed by atoms with van der Waals surface area (Å²) in [7, 11) is 3.93. The maximum absolute atomic E-state index is 11.9. The molecular weight excluding hydrogens is 276 g/mol. The first-order valence-electron chi connectivity index (χ1n) is 6.90. The molecule has 0 saturated heterocycles. The number of benzene rings is 2. The third kappa shape index (κ3) is 4.25. The van der Waals surface area contributed by atoms with Gasteiger partial charge in [0.05, 0.1) is 18.2 Å². The molecule has 2 aromatic rings. The van der Waals surface area contributed by atoms with Gasteiger partial charge in [-0.1, -0.05) is 6.07 Å². The minimum absolute atomic E-state index is 0.139. The number of rotatable bonds is 5. The highest BCUT2D eigenvalue weighted by atomic mass is 16.1. The van der Waals surface area contributed by atoms with Crippen molar-refractivity contribution in [2.45, 2.75) is 0 Å². The third-order valence-electron chi connectivity index (χ3n) is 3.11. The van der Waals surface area contributed by atoms with Crippen LogP contribution in [-0.4, -0.2) is 26.5 Å². The Morgan fingerprint density at radius 2 is 1.86 bits per heavy atom. The van der Waals surface area contributed by atoms with E-state index in [4.69, 9.17) is 5.26 Å². The van der Waals surface area contributed by atoms with Crippen LogP contribution in [-0.2, 0) is 4.79 Å². The van der Waals surface area contributed by atoms with E-state index in [9.17, 15) is 4.79 Å². The molecule has 112 valence electrons. The van der Waals surface area contributed by atoms with E-state index in [-0.39, 0.29) is 12.5 Å². The molecule has 0 spiro atoms. The van der Waals surface area contributed by atoms with E-state index in [0.29, 0.717) is 5.56 Å². The average Bonchev–Trinajstić information content (AvgIpc) is 2.53. The summed E-state index contributed by atoms with van der Waals surface area (Å²) in [6.07, 6.45) is 0. The third-order valence-corrected chi connectivity index (χ3v) is 3.11. The summed E-state index contributed by atoms with van der Waals surface area (Å²) in [6.45, 7) is 0.143. The van der Waals surface area contributed by atoms with Crippen LogP contribution in [0.5, 0.6) is 0 Å². The normalized spacial score (nSPS) is 9.68. The second-order valence-electron chi connectivity index (χ2n) is 5.04. The molecule has 0 aliphatic heterocycles. The number of nitrogens with one attached hydrogen (secondary N) is 2. The molecule has 0 bridgehead atoms. The Labute approximate surface area is 130 Å². The van der Waals surface area contributed by atoms with Gasteiger partial charge in [-0.15, -0.1) is 0 Å².